The van der Waals surface area contributed by atoms with Gasteiger partial charge in [-0.25, -0.2) is 0 Å². The van der Waals surface area contributed by atoms with E-state index in [0.29, 0.717) is 42.1 Å². The van der Waals surface area contributed by atoms with Gasteiger partial charge in [0.1, 0.15) is 0 Å². The van der Waals surface area contributed by atoms with Crippen molar-refractivity contribution in [2.45, 2.75) is 20.8 Å². The van der Waals surface area contributed by atoms with Crippen molar-refractivity contribution >= 4 is 11.6 Å². The lowest BCUT2D eigenvalue weighted by atomic mass is 10.0. The summed E-state index contributed by atoms with van der Waals surface area (Å²) >= 11 is 6.57. The Hall–Kier alpha value is -1.87. The molecule has 3 nitrogen and oxygen atoms in total. The average molecular weight is 321 g/mol. The second kappa shape index (κ2) is 7.95. The fourth-order valence-corrected chi connectivity index (χ4v) is 2.54. The molecular weight excluding hydrogens is 300 g/mol. The first-order valence-electron chi connectivity index (χ1n) is 7.53. The van der Waals surface area contributed by atoms with Gasteiger partial charge in [0.15, 0.2) is 11.5 Å². The van der Waals surface area contributed by atoms with E-state index in [4.69, 9.17) is 25.8 Å². The second-order valence-electron chi connectivity index (χ2n) is 4.56. The first-order valence-corrected chi connectivity index (χ1v) is 7.90. The molecule has 22 heavy (non-hydrogen) atoms. The Morgan fingerprint density at radius 1 is 0.818 bits per heavy atom. The lowest BCUT2D eigenvalue weighted by Crippen LogP contribution is -2.03. The first-order chi connectivity index (χ1) is 10.7. The number of benzene rings is 2. The van der Waals surface area contributed by atoms with Gasteiger partial charge in [-0.3, -0.25) is 0 Å². The van der Waals surface area contributed by atoms with Crippen LogP contribution in [0.15, 0.2) is 36.4 Å². The Bertz CT molecular complexity index is 611. The van der Waals surface area contributed by atoms with Gasteiger partial charge in [0, 0.05) is 5.56 Å². The van der Waals surface area contributed by atoms with Gasteiger partial charge in [0.25, 0.3) is 0 Å². The van der Waals surface area contributed by atoms with Crippen LogP contribution < -0.4 is 14.2 Å². The number of hydrogen-bond donors (Lipinski definition) is 0. The van der Waals surface area contributed by atoms with Crippen LogP contribution in [0.3, 0.4) is 0 Å². The zero-order valence-corrected chi connectivity index (χ0v) is 13.9. The van der Waals surface area contributed by atoms with Crippen molar-refractivity contribution in [3.8, 4) is 28.4 Å². The third-order valence-electron chi connectivity index (χ3n) is 3.10. The smallest absolute Gasteiger partial charge is 0.205 e. The standard InChI is InChI=1S/C18H21ClO3/c1-4-20-15-12-14(13-10-8-7-9-11-13)16(19)18(22-6-3)17(15)21-5-2/h7-12H,4-6H2,1-3H3. The van der Waals surface area contributed by atoms with Crippen LogP contribution in [0.4, 0.5) is 0 Å². The SMILES string of the molecule is CCOc1cc(-c2ccccc2)c(Cl)c(OCC)c1OCC. The Morgan fingerprint density at radius 3 is 2.00 bits per heavy atom. The largest absolute Gasteiger partial charge is 0.490 e. The summed E-state index contributed by atoms with van der Waals surface area (Å²) in [6, 6.07) is 11.8. The molecule has 0 aliphatic heterocycles. The van der Waals surface area contributed by atoms with Crippen molar-refractivity contribution in [1.29, 1.82) is 0 Å². The van der Waals surface area contributed by atoms with Crippen molar-refractivity contribution in [2.75, 3.05) is 19.8 Å². The molecule has 0 saturated carbocycles. The highest BCUT2D eigenvalue weighted by Gasteiger charge is 2.21. The fraction of sp³-hybridized carbons (Fsp3) is 0.333. The lowest BCUT2D eigenvalue weighted by Gasteiger charge is -2.19. The summed E-state index contributed by atoms with van der Waals surface area (Å²) < 4.78 is 17.2. The van der Waals surface area contributed by atoms with Gasteiger partial charge in [-0.1, -0.05) is 41.9 Å². The first kappa shape index (κ1) is 16.5. The van der Waals surface area contributed by atoms with Gasteiger partial charge in [0.2, 0.25) is 5.75 Å². The molecule has 0 unspecified atom stereocenters. The molecule has 2 aromatic carbocycles. The zero-order valence-electron chi connectivity index (χ0n) is 13.2. The van der Waals surface area contributed by atoms with Crippen LogP contribution in [0.1, 0.15) is 20.8 Å². The molecule has 2 aromatic rings. The minimum absolute atomic E-state index is 0.504. The van der Waals surface area contributed by atoms with Crippen molar-refractivity contribution in [3.05, 3.63) is 41.4 Å². The van der Waals surface area contributed by atoms with Crippen molar-refractivity contribution < 1.29 is 14.2 Å². The highest BCUT2D eigenvalue weighted by atomic mass is 35.5. The Kier molecular flexibility index (Phi) is 5.96. The van der Waals surface area contributed by atoms with Crippen molar-refractivity contribution in [2.24, 2.45) is 0 Å². The molecule has 0 N–H and O–H groups in total. The number of ether oxygens (including phenoxy) is 3. The maximum Gasteiger partial charge on any atom is 0.205 e. The molecule has 0 radical (unpaired) electrons. The summed E-state index contributed by atoms with van der Waals surface area (Å²) in [4.78, 5) is 0. The van der Waals surface area contributed by atoms with Crippen molar-refractivity contribution in [3.63, 3.8) is 0 Å². The van der Waals surface area contributed by atoms with E-state index in [9.17, 15) is 0 Å². The Balaban J connectivity index is 2.64. The third-order valence-corrected chi connectivity index (χ3v) is 3.48. The van der Waals surface area contributed by atoms with Gasteiger partial charge >= 0.3 is 0 Å². The van der Waals surface area contributed by atoms with Crippen LogP contribution in [0.5, 0.6) is 17.2 Å². The summed E-state index contributed by atoms with van der Waals surface area (Å²) in [6.45, 7) is 7.34. The van der Waals surface area contributed by atoms with E-state index in [-0.39, 0.29) is 0 Å². The van der Waals surface area contributed by atoms with Crippen LogP contribution in [0.25, 0.3) is 11.1 Å². The molecule has 4 heteroatoms. The maximum absolute atomic E-state index is 6.57. The molecule has 0 spiro atoms. The summed E-state index contributed by atoms with van der Waals surface area (Å²) in [5.74, 6) is 1.75. The highest BCUT2D eigenvalue weighted by molar-refractivity contribution is 6.35. The molecule has 118 valence electrons. The molecule has 2 rings (SSSR count). The summed E-state index contributed by atoms with van der Waals surface area (Å²) in [5, 5.41) is 0.542. The van der Waals surface area contributed by atoms with E-state index >= 15 is 0 Å². The van der Waals surface area contributed by atoms with E-state index in [1.54, 1.807) is 0 Å². The van der Waals surface area contributed by atoms with Gasteiger partial charge in [-0.15, -0.1) is 0 Å². The fourth-order valence-electron chi connectivity index (χ4n) is 2.24. The van der Waals surface area contributed by atoms with Crippen LogP contribution in [-0.2, 0) is 0 Å². The predicted molar refractivity (Wildman–Crippen MR) is 90.4 cm³/mol. The average Bonchev–Trinajstić information content (AvgIpc) is 2.54. The molecule has 0 aliphatic carbocycles. The zero-order chi connectivity index (χ0) is 15.9. The topological polar surface area (TPSA) is 27.7 Å². The Labute approximate surface area is 136 Å². The minimum Gasteiger partial charge on any atom is -0.490 e. The van der Waals surface area contributed by atoms with E-state index in [1.807, 2.05) is 57.2 Å². The van der Waals surface area contributed by atoms with Crippen molar-refractivity contribution in [1.82, 2.24) is 0 Å². The molecule has 0 atom stereocenters. The monoisotopic (exact) mass is 320 g/mol. The van der Waals surface area contributed by atoms with Crippen LogP contribution >= 0.6 is 11.6 Å². The molecule has 0 aliphatic rings. The van der Waals surface area contributed by atoms with E-state index in [2.05, 4.69) is 0 Å². The minimum atomic E-state index is 0.504. The molecule has 0 aromatic heterocycles. The molecule has 0 heterocycles. The normalized spacial score (nSPS) is 10.4. The van der Waals surface area contributed by atoms with Gasteiger partial charge < -0.3 is 14.2 Å². The van der Waals surface area contributed by atoms with Crippen LogP contribution in [0, 0.1) is 0 Å². The summed E-state index contributed by atoms with van der Waals surface area (Å²) in [7, 11) is 0. The van der Waals surface area contributed by atoms with E-state index in [1.165, 1.54) is 0 Å². The third kappa shape index (κ3) is 3.47. The van der Waals surface area contributed by atoms with Gasteiger partial charge in [0.05, 0.1) is 24.8 Å². The maximum atomic E-state index is 6.57. The Morgan fingerprint density at radius 2 is 1.41 bits per heavy atom. The molecule has 0 bridgehead atoms. The quantitative estimate of drug-likeness (QED) is 0.701. The molecule has 0 amide bonds. The van der Waals surface area contributed by atoms with E-state index < -0.39 is 0 Å². The van der Waals surface area contributed by atoms with E-state index in [0.717, 1.165) is 11.1 Å². The number of halogens is 1. The molecular formula is C18H21ClO3. The van der Waals surface area contributed by atoms with Crippen LogP contribution in [-0.4, -0.2) is 19.8 Å². The second-order valence-corrected chi connectivity index (χ2v) is 4.94. The number of hydrogen-bond acceptors (Lipinski definition) is 3. The summed E-state index contributed by atoms with van der Waals surface area (Å²) in [5.41, 5.74) is 1.88. The van der Waals surface area contributed by atoms with Gasteiger partial charge in [-0.2, -0.15) is 0 Å². The van der Waals surface area contributed by atoms with Gasteiger partial charge in [-0.05, 0) is 32.4 Å². The molecule has 0 saturated heterocycles. The van der Waals surface area contributed by atoms with Crippen LogP contribution in [0.2, 0.25) is 5.02 Å². The lowest BCUT2D eigenvalue weighted by molar-refractivity contribution is 0.261. The highest BCUT2D eigenvalue weighted by Crippen LogP contribution is 2.48. The number of rotatable bonds is 7. The molecule has 0 fully saturated rings. The summed E-state index contributed by atoms with van der Waals surface area (Å²) in [6.07, 6.45) is 0. The predicted octanol–water partition coefficient (Wildman–Crippen LogP) is 5.20.